The van der Waals surface area contributed by atoms with Crippen molar-refractivity contribution in [1.29, 1.82) is 0 Å². The van der Waals surface area contributed by atoms with Gasteiger partial charge >= 0.3 is 0 Å². The Morgan fingerprint density at radius 1 is 1.23 bits per heavy atom. The van der Waals surface area contributed by atoms with Crippen LogP contribution in [0.1, 0.15) is 60.6 Å². The Morgan fingerprint density at radius 3 is 2.77 bits per heavy atom. The van der Waals surface area contributed by atoms with Crippen LogP contribution in [0.2, 0.25) is 0 Å². The van der Waals surface area contributed by atoms with E-state index in [9.17, 15) is 4.79 Å². The van der Waals surface area contributed by atoms with Gasteiger partial charge in [0.15, 0.2) is 0 Å². The second-order valence-corrected chi connectivity index (χ2v) is 9.31. The van der Waals surface area contributed by atoms with Crippen LogP contribution in [-0.4, -0.2) is 39.7 Å². The lowest BCUT2D eigenvalue weighted by atomic mass is 10.2. The van der Waals surface area contributed by atoms with E-state index in [0.29, 0.717) is 12.6 Å². The summed E-state index contributed by atoms with van der Waals surface area (Å²) in [6.45, 7) is 3.44. The molecule has 0 bridgehead atoms. The second kappa shape index (κ2) is 8.93. The van der Waals surface area contributed by atoms with E-state index in [1.807, 2.05) is 18.2 Å². The van der Waals surface area contributed by atoms with Crippen molar-refractivity contribution in [3.63, 3.8) is 0 Å². The molecular formula is C24H28N4O2S. The van der Waals surface area contributed by atoms with Crippen molar-refractivity contribution < 1.29 is 9.53 Å². The Kier molecular flexibility index (Phi) is 5.87. The molecule has 3 aromatic heterocycles. The minimum atomic E-state index is -0.0180. The first kappa shape index (κ1) is 20.4. The van der Waals surface area contributed by atoms with Crippen LogP contribution in [0.3, 0.4) is 0 Å². The maximum Gasteiger partial charge on any atom is 0.253 e. The van der Waals surface area contributed by atoms with E-state index >= 15 is 0 Å². The highest BCUT2D eigenvalue weighted by molar-refractivity contribution is 7.13. The van der Waals surface area contributed by atoms with Gasteiger partial charge in [0.2, 0.25) is 0 Å². The minimum Gasteiger partial charge on any atom is -0.376 e. The Hall–Kier alpha value is -2.51. The van der Waals surface area contributed by atoms with E-state index in [1.165, 1.54) is 12.8 Å². The van der Waals surface area contributed by atoms with Crippen molar-refractivity contribution >= 4 is 17.2 Å². The Balaban J connectivity index is 1.46. The van der Waals surface area contributed by atoms with Crippen molar-refractivity contribution in [3.05, 3.63) is 47.2 Å². The lowest BCUT2D eigenvalue weighted by Gasteiger charge is -2.18. The molecule has 0 radical (unpaired) electrons. The number of hydrogen-bond donors (Lipinski definition) is 1. The molecule has 3 aromatic rings. The molecule has 0 spiro atoms. The average Bonchev–Trinajstić information content (AvgIpc) is 3.59. The molecule has 2 aliphatic rings. The fourth-order valence-corrected chi connectivity index (χ4v) is 5.63. The zero-order valence-electron chi connectivity index (χ0n) is 17.8. The van der Waals surface area contributed by atoms with Gasteiger partial charge in [0.25, 0.3) is 5.91 Å². The number of ether oxygens (including phenoxy) is 1. The zero-order valence-corrected chi connectivity index (χ0v) is 18.7. The highest BCUT2D eigenvalue weighted by Crippen LogP contribution is 2.38. The van der Waals surface area contributed by atoms with Crippen molar-refractivity contribution in [2.24, 2.45) is 0 Å². The molecule has 5 rings (SSSR count). The van der Waals surface area contributed by atoms with Crippen LogP contribution in [-0.2, 0) is 4.74 Å². The number of aromatic nitrogens is 3. The van der Waals surface area contributed by atoms with Gasteiger partial charge in [-0.05, 0) is 50.8 Å². The van der Waals surface area contributed by atoms with Crippen LogP contribution < -0.4 is 5.32 Å². The van der Waals surface area contributed by atoms with Crippen LogP contribution in [0.15, 0.2) is 36.0 Å². The predicted octanol–water partition coefficient (Wildman–Crippen LogP) is 5.01. The number of nitrogens with zero attached hydrogens (tertiary/aromatic N) is 3. The summed E-state index contributed by atoms with van der Waals surface area (Å²) >= 11 is 1.63. The Bertz CT molecular complexity index is 1050. The van der Waals surface area contributed by atoms with Gasteiger partial charge in [-0.3, -0.25) is 9.78 Å². The van der Waals surface area contributed by atoms with E-state index in [0.717, 1.165) is 65.5 Å². The third-order valence-electron chi connectivity index (χ3n) is 6.43. The van der Waals surface area contributed by atoms with E-state index < -0.39 is 0 Å². The first-order valence-corrected chi connectivity index (χ1v) is 12.1. The molecule has 1 N–H and O–H groups in total. The maximum absolute atomic E-state index is 13.1. The monoisotopic (exact) mass is 436 g/mol. The number of rotatable bonds is 6. The van der Waals surface area contributed by atoms with E-state index in [1.54, 1.807) is 23.7 Å². The largest absolute Gasteiger partial charge is 0.376 e. The highest BCUT2D eigenvalue weighted by Gasteiger charge is 2.27. The quantitative estimate of drug-likeness (QED) is 0.590. The van der Waals surface area contributed by atoms with Crippen molar-refractivity contribution in [3.8, 4) is 22.0 Å². The minimum absolute atomic E-state index is 0.0180. The molecule has 31 heavy (non-hydrogen) atoms. The van der Waals surface area contributed by atoms with Crippen molar-refractivity contribution in [1.82, 2.24) is 19.9 Å². The fourth-order valence-electron chi connectivity index (χ4n) is 4.81. The molecule has 1 atom stereocenters. The number of nitrogens with one attached hydrogen (secondary N) is 1. The number of hydrogen-bond acceptors (Lipinski definition) is 5. The third-order valence-corrected chi connectivity index (χ3v) is 7.33. The molecule has 7 heteroatoms. The second-order valence-electron chi connectivity index (χ2n) is 8.46. The standard InChI is InChI=1S/C24H28N4O2S/c1-16-20(23(29)26-14-19-7-4-12-30-19)13-22(28(16)18-5-2-3-6-18)21-15-31-24(27-21)17-8-10-25-11-9-17/h8-11,13,15,18-19H,2-7,12,14H2,1H3,(H,26,29). The Labute approximate surface area is 186 Å². The van der Waals surface area contributed by atoms with Gasteiger partial charge in [-0.25, -0.2) is 4.98 Å². The summed E-state index contributed by atoms with van der Waals surface area (Å²) in [5.41, 5.74) is 4.83. The lowest BCUT2D eigenvalue weighted by molar-refractivity contribution is 0.0857. The molecular weight excluding hydrogens is 408 g/mol. The van der Waals surface area contributed by atoms with Crippen LogP contribution in [0.25, 0.3) is 22.0 Å². The van der Waals surface area contributed by atoms with Gasteiger partial charge in [0.1, 0.15) is 5.01 Å². The van der Waals surface area contributed by atoms with Crippen molar-refractivity contribution in [2.45, 2.75) is 57.6 Å². The SMILES string of the molecule is Cc1c(C(=O)NCC2CCCO2)cc(-c2csc(-c3ccncc3)n2)n1C1CCCC1. The summed E-state index contributed by atoms with van der Waals surface area (Å²) in [5, 5.41) is 6.17. The van der Waals surface area contributed by atoms with Crippen LogP contribution >= 0.6 is 11.3 Å². The van der Waals surface area contributed by atoms with Gasteiger partial charge < -0.3 is 14.6 Å². The predicted molar refractivity (Wildman–Crippen MR) is 122 cm³/mol. The molecule has 1 saturated heterocycles. The molecule has 2 fully saturated rings. The third kappa shape index (κ3) is 4.16. The number of carbonyl (C=O) groups excluding carboxylic acids is 1. The van der Waals surface area contributed by atoms with Crippen LogP contribution in [0.5, 0.6) is 0 Å². The Morgan fingerprint density at radius 2 is 2.03 bits per heavy atom. The number of amides is 1. The summed E-state index contributed by atoms with van der Waals surface area (Å²) in [6, 6.07) is 6.42. The number of thiazole rings is 1. The van der Waals surface area contributed by atoms with Crippen LogP contribution in [0.4, 0.5) is 0 Å². The van der Waals surface area contributed by atoms with E-state index in [-0.39, 0.29) is 12.0 Å². The normalized spacial score (nSPS) is 19.2. The van der Waals surface area contributed by atoms with Gasteiger partial charge in [-0.2, -0.15) is 0 Å². The average molecular weight is 437 g/mol. The van der Waals surface area contributed by atoms with Gasteiger partial charge in [-0.1, -0.05) is 12.8 Å². The van der Waals surface area contributed by atoms with E-state index in [4.69, 9.17) is 9.72 Å². The lowest BCUT2D eigenvalue weighted by Crippen LogP contribution is -2.32. The van der Waals surface area contributed by atoms with E-state index in [2.05, 4.69) is 27.2 Å². The molecule has 6 nitrogen and oxygen atoms in total. The number of carbonyl (C=O) groups is 1. The highest BCUT2D eigenvalue weighted by atomic mass is 32.1. The summed E-state index contributed by atoms with van der Waals surface area (Å²) in [7, 11) is 0. The topological polar surface area (TPSA) is 69.0 Å². The molecule has 4 heterocycles. The molecule has 0 aromatic carbocycles. The summed E-state index contributed by atoms with van der Waals surface area (Å²) in [5.74, 6) is -0.0180. The summed E-state index contributed by atoms with van der Waals surface area (Å²) in [4.78, 5) is 22.1. The van der Waals surface area contributed by atoms with Gasteiger partial charge in [-0.15, -0.1) is 11.3 Å². The zero-order chi connectivity index (χ0) is 21.2. The molecule has 1 unspecified atom stereocenters. The smallest absolute Gasteiger partial charge is 0.253 e. The molecule has 1 aliphatic carbocycles. The summed E-state index contributed by atoms with van der Waals surface area (Å²) < 4.78 is 8.02. The maximum atomic E-state index is 13.1. The molecule has 162 valence electrons. The number of pyridine rings is 1. The molecule has 1 saturated carbocycles. The molecule has 1 amide bonds. The van der Waals surface area contributed by atoms with Crippen molar-refractivity contribution in [2.75, 3.05) is 13.2 Å². The molecule has 1 aliphatic heterocycles. The summed E-state index contributed by atoms with van der Waals surface area (Å²) in [6.07, 6.45) is 10.6. The first-order chi connectivity index (χ1) is 15.2. The van der Waals surface area contributed by atoms with Gasteiger partial charge in [0, 0.05) is 48.2 Å². The fraction of sp³-hybridized carbons (Fsp3) is 0.458. The first-order valence-electron chi connectivity index (χ1n) is 11.2. The van der Waals surface area contributed by atoms with Gasteiger partial charge in [0.05, 0.1) is 23.1 Å². The van der Waals surface area contributed by atoms with Crippen LogP contribution in [0, 0.1) is 6.92 Å².